The van der Waals surface area contributed by atoms with Gasteiger partial charge in [-0.25, -0.2) is 0 Å². The fraction of sp³-hybridized carbons (Fsp3) is 0.769. The summed E-state index contributed by atoms with van der Waals surface area (Å²) in [6.07, 6.45) is 0. The zero-order chi connectivity index (χ0) is 15.0. The Balaban J connectivity index is -0.0000000667. The second-order valence-electron chi connectivity index (χ2n) is 4.24. The number of hydrogen-bond donors (Lipinski definition) is 0. The molecule has 0 saturated carbocycles. The van der Waals surface area contributed by atoms with Crippen molar-refractivity contribution in [2.75, 3.05) is 7.11 Å². The van der Waals surface area contributed by atoms with Crippen molar-refractivity contribution in [3.05, 3.63) is 0 Å². The first-order valence-corrected chi connectivity index (χ1v) is 9.86. The van der Waals surface area contributed by atoms with Crippen LogP contribution in [0.15, 0.2) is 0 Å². The number of methoxy groups -OCH3 is 1. The first kappa shape index (κ1) is 27.1. The molecule has 0 saturated heterocycles. The van der Waals surface area contributed by atoms with Crippen molar-refractivity contribution in [1.82, 2.24) is 0 Å². The Morgan fingerprint density at radius 1 is 0.765 bits per heavy atom. The zero-order valence-electron chi connectivity index (χ0n) is 12.7. The molecular formula is C13H28OW3. The van der Waals surface area contributed by atoms with Crippen molar-refractivity contribution >= 4 is 11.9 Å². The van der Waals surface area contributed by atoms with Gasteiger partial charge in [0, 0.05) is 0 Å². The molecule has 1 nitrogen and oxygen atoms in total. The molecule has 4 heteroatoms. The van der Waals surface area contributed by atoms with Crippen molar-refractivity contribution in [2.45, 2.75) is 55.4 Å². The van der Waals surface area contributed by atoms with Gasteiger partial charge >= 0.3 is 116 Å². The Bertz CT molecular complexity index is 176. The van der Waals surface area contributed by atoms with E-state index in [0.29, 0.717) is 0 Å². The normalized spacial score (nSPS) is 7.41. The molecule has 0 N–H and O–H groups in total. The Kier molecular flexibility index (Phi) is 36.3. The van der Waals surface area contributed by atoms with Crippen LogP contribution in [0.1, 0.15) is 55.4 Å². The predicted molar refractivity (Wildman–Crippen MR) is 70.9 cm³/mol. The zero-order valence-corrected chi connectivity index (χ0v) is 21.5. The maximum atomic E-state index is 4.70. The van der Waals surface area contributed by atoms with Gasteiger partial charge in [-0.2, -0.15) is 0 Å². The molecule has 0 fully saturated rings. The van der Waals surface area contributed by atoms with Gasteiger partial charge in [-0.15, -0.1) is 0 Å². The monoisotopic (exact) mass is 752 g/mol. The van der Waals surface area contributed by atoms with Crippen LogP contribution in [0.5, 0.6) is 0 Å². The summed E-state index contributed by atoms with van der Waals surface area (Å²) in [5.74, 6) is 0.833. The molecule has 0 heterocycles. The van der Waals surface area contributed by atoms with Gasteiger partial charge in [-0.1, -0.05) is 20.8 Å². The van der Waals surface area contributed by atoms with Gasteiger partial charge < -0.3 is 0 Å². The molecule has 0 aliphatic heterocycles. The van der Waals surface area contributed by atoms with Crippen molar-refractivity contribution in [1.29, 1.82) is 0 Å². The summed E-state index contributed by atoms with van der Waals surface area (Å²) >= 11 is 4.59. The van der Waals surface area contributed by atoms with E-state index < -0.39 is 0 Å². The van der Waals surface area contributed by atoms with Gasteiger partial charge in [0.05, 0.1) is 0 Å². The second-order valence-corrected chi connectivity index (χ2v) is 12.2. The molecule has 0 spiro atoms. The molecular weight excluding hydrogens is 724 g/mol. The molecule has 0 aliphatic rings. The third-order valence-corrected chi connectivity index (χ3v) is 0.886. The van der Waals surface area contributed by atoms with E-state index in [9.17, 15) is 0 Å². The summed E-state index contributed by atoms with van der Waals surface area (Å²) in [4.78, 5) is 0. The van der Waals surface area contributed by atoms with E-state index in [1.807, 2.05) is 6.92 Å². The SMILES string of the molecule is CC(C)C.CO[C](C)=[W].C[C](C)=[W].C[C](C)=[W]. The van der Waals surface area contributed by atoms with E-state index in [1.54, 1.807) is 45.8 Å². The van der Waals surface area contributed by atoms with Crippen LogP contribution in [0.3, 0.4) is 0 Å². The standard InChI is InChI=1S/C4H10.C3H6O.2C3H6.3W/c1-4(2)3;1-3-4-2;2*1-3-2;;;/h4H,1-3H3;1-2H3;2*1-2H3;;;. The van der Waals surface area contributed by atoms with E-state index in [0.717, 1.165) is 10.0 Å². The summed E-state index contributed by atoms with van der Waals surface area (Å²) in [6.45, 7) is 16.9. The fourth-order valence-corrected chi connectivity index (χ4v) is 0. The fourth-order valence-electron chi connectivity index (χ4n) is 0. The van der Waals surface area contributed by atoms with Gasteiger partial charge in [0.15, 0.2) is 0 Å². The van der Waals surface area contributed by atoms with E-state index in [2.05, 4.69) is 48.5 Å². The second kappa shape index (κ2) is 22.8. The molecule has 17 heavy (non-hydrogen) atoms. The van der Waals surface area contributed by atoms with Crippen LogP contribution in [0.4, 0.5) is 0 Å². The van der Waals surface area contributed by atoms with E-state index >= 15 is 0 Å². The van der Waals surface area contributed by atoms with Gasteiger partial charge in [0.25, 0.3) is 0 Å². The van der Waals surface area contributed by atoms with Crippen LogP contribution in [0.25, 0.3) is 0 Å². The number of hydrogen-bond acceptors (Lipinski definition) is 1. The third-order valence-electron chi connectivity index (χ3n) is 0.287. The van der Waals surface area contributed by atoms with Crippen molar-refractivity contribution in [2.24, 2.45) is 5.92 Å². The summed E-state index contributed by atoms with van der Waals surface area (Å²) in [7, 11) is 1.68. The molecule has 0 atom stereocenters. The molecule has 0 aromatic rings. The molecule has 104 valence electrons. The summed E-state index contributed by atoms with van der Waals surface area (Å²) in [6, 6.07) is 0. The van der Waals surface area contributed by atoms with Gasteiger partial charge in [0.2, 0.25) is 0 Å². The van der Waals surface area contributed by atoms with Gasteiger partial charge in [0.1, 0.15) is 0 Å². The minimum absolute atomic E-state index is 0.833. The van der Waals surface area contributed by atoms with Crippen LogP contribution in [-0.2, 0) is 62.8 Å². The quantitative estimate of drug-likeness (QED) is 0.400. The molecule has 0 bridgehead atoms. The third kappa shape index (κ3) is 326. The summed E-state index contributed by atoms with van der Waals surface area (Å²) < 4.78 is 8.79. The summed E-state index contributed by atoms with van der Waals surface area (Å²) in [5, 5.41) is 0. The Morgan fingerprint density at radius 3 is 0.824 bits per heavy atom. The molecule has 0 rings (SSSR count). The number of ether oxygens (including phenoxy) is 1. The maximum absolute atomic E-state index is 4.70. The van der Waals surface area contributed by atoms with Crippen molar-refractivity contribution < 1.29 is 62.8 Å². The van der Waals surface area contributed by atoms with Crippen LogP contribution in [0, 0.1) is 5.92 Å². The first-order valence-electron chi connectivity index (χ1n) is 5.46. The van der Waals surface area contributed by atoms with Crippen LogP contribution >= 0.6 is 0 Å². The first-order chi connectivity index (χ1) is 7.47. The molecule has 0 unspecified atom stereocenters. The topological polar surface area (TPSA) is 9.23 Å². The summed E-state index contributed by atoms with van der Waals surface area (Å²) in [5.41, 5.74) is 0. The van der Waals surface area contributed by atoms with Crippen molar-refractivity contribution in [3.63, 3.8) is 0 Å². The van der Waals surface area contributed by atoms with E-state index in [4.69, 9.17) is 4.74 Å². The predicted octanol–water partition coefficient (Wildman–Crippen LogP) is 3.48. The van der Waals surface area contributed by atoms with Gasteiger partial charge in [-0.05, 0) is 5.92 Å². The van der Waals surface area contributed by atoms with E-state index in [1.165, 1.54) is 27.1 Å². The Labute approximate surface area is 142 Å². The molecule has 0 aliphatic carbocycles. The Hall–Kier alpha value is 1.63. The average molecular weight is 752 g/mol. The van der Waals surface area contributed by atoms with Crippen LogP contribution in [0.2, 0.25) is 0 Å². The van der Waals surface area contributed by atoms with Crippen LogP contribution < -0.4 is 0 Å². The molecule has 0 aromatic heterocycles. The van der Waals surface area contributed by atoms with Crippen molar-refractivity contribution in [3.8, 4) is 0 Å². The average Bonchev–Trinajstić information content (AvgIpc) is 2.00. The van der Waals surface area contributed by atoms with Crippen LogP contribution in [-0.4, -0.2) is 19.0 Å². The van der Waals surface area contributed by atoms with E-state index in [-0.39, 0.29) is 0 Å². The van der Waals surface area contributed by atoms with Gasteiger partial charge in [-0.3, -0.25) is 0 Å². The molecule has 0 amide bonds. The Morgan fingerprint density at radius 2 is 0.824 bits per heavy atom. The number of rotatable bonds is 1. The molecule has 0 aromatic carbocycles. The minimum atomic E-state index is 0.833. The molecule has 0 radical (unpaired) electrons.